The van der Waals surface area contributed by atoms with E-state index in [0.717, 1.165) is 0 Å². The molecule has 2 aromatic heterocycles. The summed E-state index contributed by atoms with van der Waals surface area (Å²) in [5.74, 6) is -0.189. The molecule has 3 rings (SSSR count). The number of aromatic nitrogens is 4. The highest BCUT2D eigenvalue weighted by molar-refractivity contribution is 6.35. The molecular weight excluding hydrogens is 345 g/mol. The van der Waals surface area contributed by atoms with E-state index in [1.807, 2.05) is 0 Å². The van der Waals surface area contributed by atoms with E-state index in [1.165, 1.54) is 6.33 Å². The van der Waals surface area contributed by atoms with Crippen LogP contribution in [0.4, 0.5) is 0 Å². The van der Waals surface area contributed by atoms with Gasteiger partial charge < -0.3 is 20.1 Å². The second kappa shape index (κ2) is 6.20. The van der Waals surface area contributed by atoms with E-state index in [2.05, 4.69) is 20.3 Å². The van der Waals surface area contributed by atoms with Crippen LogP contribution in [0.3, 0.4) is 0 Å². The van der Waals surface area contributed by atoms with Crippen LogP contribution in [0.15, 0.2) is 6.33 Å². The molecular formula is C13H15Cl2N5O3. The number of carbonyl (C=O) groups excluding carboxylic acids is 1. The highest BCUT2D eigenvalue weighted by atomic mass is 35.5. The van der Waals surface area contributed by atoms with Gasteiger partial charge in [0.2, 0.25) is 11.2 Å². The molecule has 0 aliphatic heterocycles. The molecule has 0 saturated heterocycles. The molecule has 0 radical (unpaired) electrons. The quantitative estimate of drug-likeness (QED) is 0.549. The highest BCUT2D eigenvalue weighted by Gasteiger charge is 2.43. The number of hydrogen-bond donors (Lipinski definition) is 3. The summed E-state index contributed by atoms with van der Waals surface area (Å²) in [5.41, 5.74) is 0.729. The highest BCUT2D eigenvalue weighted by Crippen LogP contribution is 2.34. The standard InChI is InChI=1S/C13H15Cl2N5O3/c1-2-7(21)17-5-3-6(10(23)9(5)22)20-4-16-8-11(14)18-13(15)19-12(8)20/h4-6,9-10,22-23H,2-3H2,1H3,(H,17,21)/t5-,6-,9-,10-/m1/s1. The smallest absolute Gasteiger partial charge is 0.225 e. The topological polar surface area (TPSA) is 113 Å². The minimum absolute atomic E-state index is 0.0341. The Labute approximate surface area is 141 Å². The van der Waals surface area contributed by atoms with Crippen LogP contribution in [-0.4, -0.2) is 53.9 Å². The van der Waals surface area contributed by atoms with E-state index in [-0.39, 0.29) is 16.3 Å². The maximum Gasteiger partial charge on any atom is 0.225 e. The molecule has 0 bridgehead atoms. The van der Waals surface area contributed by atoms with Gasteiger partial charge in [-0.2, -0.15) is 4.98 Å². The molecule has 2 aromatic rings. The van der Waals surface area contributed by atoms with Crippen LogP contribution >= 0.6 is 23.2 Å². The third kappa shape index (κ3) is 2.87. The first-order valence-corrected chi connectivity index (χ1v) is 7.89. The van der Waals surface area contributed by atoms with Crippen molar-refractivity contribution in [3.63, 3.8) is 0 Å². The van der Waals surface area contributed by atoms with Gasteiger partial charge in [0.15, 0.2) is 10.8 Å². The van der Waals surface area contributed by atoms with Crippen molar-refractivity contribution < 1.29 is 15.0 Å². The van der Waals surface area contributed by atoms with E-state index in [4.69, 9.17) is 23.2 Å². The number of halogens is 2. The third-order valence-corrected chi connectivity index (χ3v) is 4.46. The lowest BCUT2D eigenvalue weighted by Crippen LogP contribution is -2.42. The van der Waals surface area contributed by atoms with Crippen LogP contribution in [0.5, 0.6) is 0 Å². The molecule has 0 spiro atoms. The van der Waals surface area contributed by atoms with Gasteiger partial charge in [0.1, 0.15) is 17.7 Å². The van der Waals surface area contributed by atoms with E-state index < -0.39 is 24.3 Å². The summed E-state index contributed by atoms with van der Waals surface area (Å²) in [5, 5.41) is 23.3. The normalized spacial score (nSPS) is 27.5. The molecule has 23 heavy (non-hydrogen) atoms. The minimum Gasteiger partial charge on any atom is -0.388 e. The summed E-state index contributed by atoms with van der Waals surface area (Å²) in [6.45, 7) is 1.72. The van der Waals surface area contributed by atoms with Gasteiger partial charge in [-0.3, -0.25) is 4.79 Å². The average molecular weight is 360 g/mol. The van der Waals surface area contributed by atoms with Gasteiger partial charge in [-0.25, -0.2) is 9.97 Å². The predicted octanol–water partition coefficient (Wildman–Crippen LogP) is 0.694. The molecule has 1 saturated carbocycles. The number of amides is 1. The van der Waals surface area contributed by atoms with Crippen molar-refractivity contribution in [1.29, 1.82) is 0 Å². The molecule has 4 atom stereocenters. The molecule has 8 nitrogen and oxygen atoms in total. The fraction of sp³-hybridized carbons (Fsp3) is 0.538. The molecule has 2 heterocycles. The Bertz CT molecular complexity index is 753. The van der Waals surface area contributed by atoms with Crippen LogP contribution in [-0.2, 0) is 4.79 Å². The van der Waals surface area contributed by atoms with Crippen LogP contribution in [0.25, 0.3) is 11.2 Å². The fourth-order valence-electron chi connectivity index (χ4n) is 2.84. The molecule has 1 aliphatic rings. The molecule has 0 unspecified atom stereocenters. The average Bonchev–Trinajstić information content (AvgIpc) is 3.03. The Kier molecular flexibility index (Phi) is 4.41. The van der Waals surface area contributed by atoms with Crippen molar-refractivity contribution in [1.82, 2.24) is 24.8 Å². The summed E-state index contributed by atoms with van der Waals surface area (Å²) in [7, 11) is 0. The van der Waals surface area contributed by atoms with Gasteiger partial charge in [-0.05, 0) is 18.0 Å². The Morgan fingerprint density at radius 1 is 1.39 bits per heavy atom. The summed E-state index contributed by atoms with van der Waals surface area (Å²) in [4.78, 5) is 23.6. The van der Waals surface area contributed by atoms with E-state index in [9.17, 15) is 15.0 Å². The monoisotopic (exact) mass is 359 g/mol. The first kappa shape index (κ1) is 16.4. The SMILES string of the molecule is CCC(=O)N[C@@H]1C[C@@H](n2cnc3c(Cl)nc(Cl)nc32)[C@@H](O)[C@@H]1O. The number of carbonyl (C=O) groups is 1. The van der Waals surface area contributed by atoms with Gasteiger partial charge in [-0.1, -0.05) is 18.5 Å². The van der Waals surface area contributed by atoms with Gasteiger partial charge >= 0.3 is 0 Å². The number of rotatable bonds is 3. The van der Waals surface area contributed by atoms with E-state index in [0.29, 0.717) is 24.0 Å². The van der Waals surface area contributed by atoms with Crippen molar-refractivity contribution >= 4 is 40.3 Å². The first-order valence-electron chi connectivity index (χ1n) is 7.13. The van der Waals surface area contributed by atoms with E-state index in [1.54, 1.807) is 11.5 Å². The third-order valence-electron chi connectivity index (χ3n) is 4.03. The van der Waals surface area contributed by atoms with E-state index >= 15 is 0 Å². The van der Waals surface area contributed by atoms with Gasteiger partial charge in [-0.15, -0.1) is 0 Å². The summed E-state index contributed by atoms with van der Waals surface area (Å²) >= 11 is 11.8. The maximum absolute atomic E-state index is 11.5. The zero-order valence-corrected chi connectivity index (χ0v) is 13.7. The van der Waals surface area contributed by atoms with Crippen molar-refractivity contribution in [2.45, 2.75) is 44.1 Å². The first-order chi connectivity index (χ1) is 10.9. The summed E-state index contributed by atoms with van der Waals surface area (Å²) < 4.78 is 1.60. The molecule has 1 fully saturated rings. The molecule has 0 aromatic carbocycles. The second-order valence-electron chi connectivity index (χ2n) is 5.42. The Hall–Kier alpha value is -1.48. The summed E-state index contributed by atoms with van der Waals surface area (Å²) in [6.07, 6.45) is -0.0655. The second-order valence-corrected chi connectivity index (χ2v) is 6.12. The van der Waals surface area contributed by atoms with Crippen LogP contribution in [0, 0.1) is 0 Å². The van der Waals surface area contributed by atoms with Gasteiger partial charge in [0.05, 0.1) is 18.4 Å². The number of imidazole rings is 1. The molecule has 1 aliphatic carbocycles. The largest absolute Gasteiger partial charge is 0.388 e. The number of aliphatic hydroxyl groups excluding tert-OH is 2. The van der Waals surface area contributed by atoms with Crippen molar-refractivity contribution in [3.8, 4) is 0 Å². The van der Waals surface area contributed by atoms with Crippen LogP contribution in [0.1, 0.15) is 25.8 Å². The molecule has 3 N–H and O–H groups in total. The molecule has 10 heteroatoms. The van der Waals surface area contributed by atoms with Crippen LogP contribution in [0.2, 0.25) is 10.4 Å². The fourth-order valence-corrected chi connectivity index (χ4v) is 3.26. The zero-order chi connectivity index (χ0) is 16.7. The lowest BCUT2D eigenvalue weighted by atomic mass is 10.2. The van der Waals surface area contributed by atoms with Crippen LogP contribution < -0.4 is 5.32 Å². The van der Waals surface area contributed by atoms with Crippen molar-refractivity contribution in [3.05, 3.63) is 16.8 Å². The van der Waals surface area contributed by atoms with Crippen molar-refractivity contribution in [2.75, 3.05) is 0 Å². The Balaban J connectivity index is 1.94. The maximum atomic E-state index is 11.5. The lowest BCUT2D eigenvalue weighted by Gasteiger charge is -2.18. The molecule has 1 amide bonds. The summed E-state index contributed by atoms with van der Waals surface area (Å²) in [6, 6.07) is -1.06. The number of aliphatic hydroxyl groups is 2. The number of nitrogens with zero attached hydrogens (tertiary/aromatic N) is 4. The van der Waals surface area contributed by atoms with Crippen molar-refractivity contribution in [2.24, 2.45) is 0 Å². The lowest BCUT2D eigenvalue weighted by molar-refractivity contribution is -0.122. The Morgan fingerprint density at radius 2 is 2.13 bits per heavy atom. The number of nitrogens with one attached hydrogen (secondary N) is 1. The molecule has 124 valence electrons. The Morgan fingerprint density at radius 3 is 2.83 bits per heavy atom. The van der Waals surface area contributed by atoms with Gasteiger partial charge in [0.25, 0.3) is 0 Å². The predicted molar refractivity (Wildman–Crippen MR) is 83.2 cm³/mol. The zero-order valence-electron chi connectivity index (χ0n) is 12.1. The van der Waals surface area contributed by atoms with Gasteiger partial charge in [0, 0.05) is 6.42 Å². The minimum atomic E-state index is -1.08. The number of fused-ring (bicyclic) bond motifs is 1. The number of hydrogen-bond acceptors (Lipinski definition) is 6.